The van der Waals surface area contributed by atoms with Gasteiger partial charge in [-0.3, -0.25) is 4.90 Å². The van der Waals surface area contributed by atoms with Gasteiger partial charge in [0.25, 0.3) is 0 Å². The van der Waals surface area contributed by atoms with Crippen LogP contribution in [0.5, 0.6) is 0 Å². The summed E-state index contributed by atoms with van der Waals surface area (Å²) in [6.07, 6.45) is 0. The van der Waals surface area contributed by atoms with Crippen LogP contribution in [0.25, 0.3) is 0 Å². The molecule has 0 aliphatic heterocycles. The van der Waals surface area contributed by atoms with Crippen LogP contribution in [-0.2, 0) is 13.1 Å². The Bertz CT molecular complexity index is 627. The highest BCUT2D eigenvalue weighted by atomic mass is 79.9. The second-order valence-electron chi connectivity index (χ2n) is 4.62. The molecule has 0 spiro atoms. The van der Waals surface area contributed by atoms with E-state index in [1.54, 1.807) is 11.3 Å². The Morgan fingerprint density at radius 2 is 2.10 bits per heavy atom. The van der Waals surface area contributed by atoms with Gasteiger partial charge in [0.2, 0.25) is 0 Å². The molecular weight excluding hydrogens is 359 g/mol. The summed E-state index contributed by atoms with van der Waals surface area (Å²) < 4.78 is 14.6. The van der Waals surface area contributed by atoms with E-state index in [0.717, 1.165) is 16.6 Å². The van der Waals surface area contributed by atoms with Crippen LogP contribution in [0.15, 0.2) is 34.1 Å². The van der Waals surface area contributed by atoms with Gasteiger partial charge in [-0.15, -0.1) is 11.3 Å². The molecule has 0 aliphatic carbocycles. The third-order valence-corrected chi connectivity index (χ3v) is 4.66. The van der Waals surface area contributed by atoms with Crippen molar-refractivity contribution < 1.29 is 4.39 Å². The fourth-order valence-electron chi connectivity index (χ4n) is 1.95. The van der Waals surface area contributed by atoms with Crippen LogP contribution in [0.3, 0.4) is 0 Å². The monoisotopic (exact) mass is 372 g/mol. The first kappa shape index (κ1) is 15.6. The van der Waals surface area contributed by atoms with Gasteiger partial charge in [0.05, 0.1) is 0 Å². The lowest BCUT2D eigenvalue weighted by Crippen LogP contribution is -2.17. The zero-order valence-corrected chi connectivity index (χ0v) is 14.1. The lowest BCUT2D eigenvalue weighted by atomic mass is 10.1. The number of thiophene rings is 1. The van der Waals surface area contributed by atoms with Gasteiger partial charge in [0.1, 0.15) is 10.8 Å². The average molecular weight is 373 g/mol. The lowest BCUT2D eigenvalue weighted by molar-refractivity contribution is 0.321. The van der Waals surface area contributed by atoms with E-state index in [1.807, 2.05) is 13.1 Å². The van der Waals surface area contributed by atoms with E-state index in [-0.39, 0.29) is 10.8 Å². The molecule has 2 aromatic rings. The normalized spacial score (nSPS) is 11.0. The molecule has 0 saturated carbocycles. The summed E-state index contributed by atoms with van der Waals surface area (Å²) in [7, 11) is 2.00. The molecule has 1 heterocycles. The number of hydrogen-bond acceptors (Lipinski definition) is 3. The molecule has 0 unspecified atom stereocenters. The molecule has 0 atom stereocenters. The van der Waals surface area contributed by atoms with E-state index in [0.29, 0.717) is 12.1 Å². The molecule has 0 amide bonds. The highest BCUT2D eigenvalue weighted by Crippen LogP contribution is 2.21. The molecule has 20 heavy (non-hydrogen) atoms. The smallest absolute Gasteiger partial charge is 0.124 e. The average Bonchev–Trinajstić information content (AvgIpc) is 2.73. The van der Waals surface area contributed by atoms with Crippen molar-refractivity contribution in [3.8, 4) is 0 Å². The van der Waals surface area contributed by atoms with Gasteiger partial charge in [-0.25, -0.2) is 4.39 Å². The number of thiocarbonyl (C=S) groups is 1. The minimum atomic E-state index is -0.308. The van der Waals surface area contributed by atoms with Crippen molar-refractivity contribution in [3.63, 3.8) is 0 Å². The number of nitrogens with zero attached hydrogens (tertiary/aromatic N) is 1. The van der Waals surface area contributed by atoms with Gasteiger partial charge in [0.15, 0.2) is 0 Å². The third kappa shape index (κ3) is 4.34. The Kier molecular flexibility index (Phi) is 5.26. The Morgan fingerprint density at radius 3 is 2.70 bits per heavy atom. The van der Waals surface area contributed by atoms with Gasteiger partial charge in [0, 0.05) is 33.4 Å². The van der Waals surface area contributed by atoms with Crippen molar-refractivity contribution in [2.45, 2.75) is 13.1 Å². The van der Waals surface area contributed by atoms with Crippen LogP contribution in [0.1, 0.15) is 16.0 Å². The number of halogens is 2. The molecule has 1 aromatic heterocycles. The van der Waals surface area contributed by atoms with Crippen LogP contribution in [0, 0.1) is 5.82 Å². The van der Waals surface area contributed by atoms with Crippen molar-refractivity contribution in [2.75, 3.05) is 7.05 Å². The molecule has 0 aliphatic rings. The standard InChI is InChI=1S/C14H14BrFN2S2/c1-18(7-13-5-11(15)8-20-13)6-9-2-10(14(17)19)4-12(16)3-9/h2-5,8H,6-7H2,1H3,(H2,17,19). The molecular formula is C14H14BrFN2S2. The van der Waals surface area contributed by atoms with Crippen LogP contribution < -0.4 is 5.73 Å². The molecule has 2 nitrogen and oxygen atoms in total. The summed E-state index contributed by atoms with van der Waals surface area (Å²) in [5.74, 6) is -0.308. The number of benzene rings is 1. The largest absolute Gasteiger partial charge is 0.389 e. The summed E-state index contributed by atoms with van der Waals surface area (Å²) in [6, 6.07) is 6.81. The molecule has 2 rings (SSSR count). The molecule has 6 heteroatoms. The quantitative estimate of drug-likeness (QED) is 0.806. The topological polar surface area (TPSA) is 29.3 Å². The Morgan fingerprint density at radius 1 is 1.35 bits per heavy atom. The van der Waals surface area contributed by atoms with E-state index < -0.39 is 0 Å². The fraction of sp³-hybridized carbons (Fsp3) is 0.214. The maximum Gasteiger partial charge on any atom is 0.124 e. The van der Waals surface area contributed by atoms with Crippen LogP contribution in [0.2, 0.25) is 0 Å². The molecule has 106 valence electrons. The lowest BCUT2D eigenvalue weighted by Gasteiger charge is -2.16. The predicted octanol–water partition coefficient (Wildman–Crippen LogP) is 3.92. The summed E-state index contributed by atoms with van der Waals surface area (Å²) >= 11 is 10.0. The van der Waals surface area contributed by atoms with Gasteiger partial charge in [-0.1, -0.05) is 12.2 Å². The van der Waals surface area contributed by atoms with Crippen molar-refractivity contribution in [2.24, 2.45) is 5.73 Å². The third-order valence-electron chi connectivity index (χ3n) is 2.74. The van der Waals surface area contributed by atoms with Crippen LogP contribution in [0.4, 0.5) is 4.39 Å². The number of hydrogen-bond donors (Lipinski definition) is 1. The minimum absolute atomic E-state index is 0.218. The highest BCUT2D eigenvalue weighted by Gasteiger charge is 2.07. The van der Waals surface area contributed by atoms with Crippen molar-refractivity contribution in [3.05, 3.63) is 55.9 Å². The first-order chi connectivity index (χ1) is 9.44. The zero-order valence-electron chi connectivity index (χ0n) is 10.9. The fourth-order valence-corrected chi connectivity index (χ4v) is 3.60. The summed E-state index contributed by atoms with van der Waals surface area (Å²) in [6.45, 7) is 1.46. The second-order valence-corrected chi connectivity index (χ2v) is 6.97. The van der Waals surface area contributed by atoms with Gasteiger partial charge < -0.3 is 5.73 Å². The zero-order chi connectivity index (χ0) is 14.7. The Labute approximate surface area is 135 Å². The second kappa shape index (κ2) is 6.76. The first-order valence-electron chi connectivity index (χ1n) is 5.95. The Hall–Kier alpha value is -0.820. The maximum atomic E-state index is 13.5. The van der Waals surface area contributed by atoms with Crippen LogP contribution >= 0.6 is 39.5 Å². The summed E-state index contributed by atoms with van der Waals surface area (Å²) in [5.41, 5.74) is 6.99. The van der Waals surface area contributed by atoms with Crippen molar-refractivity contribution >= 4 is 44.5 Å². The SMILES string of the molecule is CN(Cc1cc(F)cc(C(N)=S)c1)Cc1cc(Br)cs1. The van der Waals surface area contributed by atoms with Crippen molar-refractivity contribution in [1.29, 1.82) is 0 Å². The summed E-state index contributed by atoms with van der Waals surface area (Å²) in [5, 5.41) is 2.05. The predicted molar refractivity (Wildman–Crippen MR) is 89.5 cm³/mol. The Balaban J connectivity index is 2.07. The molecule has 0 saturated heterocycles. The summed E-state index contributed by atoms with van der Waals surface area (Å²) in [4.78, 5) is 3.59. The van der Waals surface area contributed by atoms with Gasteiger partial charge in [-0.05, 0) is 52.8 Å². The molecule has 0 fully saturated rings. The van der Waals surface area contributed by atoms with E-state index in [4.69, 9.17) is 18.0 Å². The number of rotatable bonds is 5. The highest BCUT2D eigenvalue weighted by molar-refractivity contribution is 9.10. The van der Waals surface area contributed by atoms with E-state index in [1.165, 1.54) is 17.0 Å². The molecule has 0 radical (unpaired) electrons. The van der Waals surface area contributed by atoms with E-state index in [2.05, 4.69) is 32.3 Å². The van der Waals surface area contributed by atoms with E-state index in [9.17, 15) is 4.39 Å². The minimum Gasteiger partial charge on any atom is -0.389 e. The first-order valence-corrected chi connectivity index (χ1v) is 8.03. The van der Waals surface area contributed by atoms with E-state index >= 15 is 0 Å². The molecule has 2 N–H and O–H groups in total. The molecule has 0 bridgehead atoms. The van der Waals surface area contributed by atoms with Crippen molar-refractivity contribution in [1.82, 2.24) is 4.90 Å². The maximum absolute atomic E-state index is 13.5. The van der Waals surface area contributed by atoms with Gasteiger partial charge in [-0.2, -0.15) is 0 Å². The van der Waals surface area contributed by atoms with Gasteiger partial charge >= 0.3 is 0 Å². The van der Waals surface area contributed by atoms with Crippen LogP contribution in [-0.4, -0.2) is 16.9 Å². The number of nitrogens with two attached hydrogens (primary N) is 1. The molecule has 1 aromatic carbocycles.